The molecule has 0 unspecified atom stereocenters. The third-order valence-electron chi connectivity index (χ3n) is 9.11. The van der Waals surface area contributed by atoms with Crippen molar-refractivity contribution < 1.29 is 129 Å². The SMILES string of the molecule is CC(=O)OC[C@H]1O[C@H](O[C@H]2[C@H](OC(C)=O)[C@@H](OC(C)=O)[C@@H](O[C@H]3[C@H](OC(C)=O)[C@@H](OC(C)=O)[C@H](OC(C)=O)O[C@@H]3COC(C)=O)O[C@@H]2COC(C)=O)[C@H](OC(C)=O)[C@@H](OC(C)=O)[C@@H]1OC(C)=O. The van der Waals surface area contributed by atoms with Crippen LogP contribution in [0.4, 0.5) is 0 Å². The van der Waals surface area contributed by atoms with E-state index in [1.54, 1.807) is 0 Å². The fourth-order valence-electron chi connectivity index (χ4n) is 7.01. The van der Waals surface area contributed by atoms with E-state index in [2.05, 4.69) is 0 Å². The molecular formula is C40H54O27. The highest BCUT2D eigenvalue weighted by molar-refractivity contribution is 5.70. The van der Waals surface area contributed by atoms with Crippen LogP contribution in [0.5, 0.6) is 0 Å². The van der Waals surface area contributed by atoms with E-state index in [9.17, 15) is 52.7 Å². The fraction of sp³-hybridized carbons (Fsp3) is 0.725. The quantitative estimate of drug-likeness (QED) is 0.114. The number of carbonyl (C=O) groups is 11. The molecule has 3 saturated heterocycles. The highest BCUT2D eigenvalue weighted by Crippen LogP contribution is 2.38. The van der Waals surface area contributed by atoms with Gasteiger partial charge in [0.15, 0.2) is 49.2 Å². The average Bonchev–Trinajstić information content (AvgIpc) is 3.17. The molecule has 0 aromatic heterocycles. The lowest BCUT2D eigenvalue weighted by Crippen LogP contribution is -2.69. The van der Waals surface area contributed by atoms with Crippen molar-refractivity contribution in [2.75, 3.05) is 19.8 Å². The molecule has 27 heteroatoms. The van der Waals surface area contributed by atoms with Crippen molar-refractivity contribution in [1.29, 1.82) is 0 Å². The molecule has 0 saturated carbocycles. The van der Waals surface area contributed by atoms with E-state index < -0.39 is 178 Å². The molecule has 376 valence electrons. The largest absolute Gasteiger partial charge is 0.463 e. The van der Waals surface area contributed by atoms with Gasteiger partial charge in [-0.15, -0.1) is 0 Å². The third-order valence-corrected chi connectivity index (χ3v) is 9.11. The average molecular weight is 967 g/mol. The second kappa shape index (κ2) is 25.2. The van der Waals surface area contributed by atoms with E-state index in [-0.39, 0.29) is 0 Å². The van der Waals surface area contributed by atoms with Gasteiger partial charge in [-0.1, -0.05) is 0 Å². The summed E-state index contributed by atoms with van der Waals surface area (Å²) in [6.45, 7) is 8.53. The van der Waals surface area contributed by atoms with Crippen LogP contribution in [0.2, 0.25) is 0 Å². The van der Waals surface area contributed by atoms with Crippen LogP contribution in [0.15, 0.2) is 0 Å². The number of ether oxygens (including phenoxy) is 16. The smallest absolute Gasteiger partial charge is 0.305 e. The van der Waals surface area contributed by atoms with Gasteiger partial charge in [0.05, 0.1) is 0 Å². The van der Waals surface area contributed by atoms with E-state index in [0.29, 0.717) is 0 Å². The Balaban J connectivity index is 2.31. The van der Waals surface area contributed by atoms with Gasteiger partial charge in [0.25, 0.3) is 0 Å². The standard InChI is InChI=1S/C40H54O27/c1-15(41)52-12-26-29(55-18(4)44)32(56-19(5)45)36(60-23(9)49)39(64-26)67-31-28(14-54-17(3)43)65-40(37(61-24(10)50)34(31)58-21(7)47)66-30-27(13-53-16(2)42)63-38(62-25(11)51)35(59-22(8)48)33(30)57-20(6)46/h26-40H,12-14H2,1-11H3/t26-,27-,28-,29-,30-,31-,32+,33+,34+,35-,36-,37-,38-,39-,40-/m1/s1. The summed E-state index contributed by atoms with van der Waals surface area (Å²) >= 11 is 0. The fourth-order valence-corrected chi connectivity index (χ4v) is 7.01. The molecule has 3 aliphatic heterocycles. The highest BCUT2D eigenvalue weighted by atomic mass is 16.8. The predicted octanol–water partition coefficient (Wildman–Crippen LogP) is -1.29. The summed E-state index contributed by atoms with van der Waals surface area (Å²) in [6.07, 6.45) is -27.3. The minimum Gasteiger partial charge on any atom is -0.463 e. The van der Waals surface area contributed by atoms with Crippen LogP contribution in [0.25, 0.3) is 0 Å². The first kappa shape index (κ1) is 55.3. The van der Waals surface area contributed by atoms with Crippen LogP contribution in [0, 0.1) is 0 Å². The summed E-state index contributed by atoms with van der Waals surface area (Å²) in [5.74, 6) is -10.7. The maximum atomic E-state index is 13.0. The van der Waals surface area contributed by atoms with Gasteiger partial charge in [0, 0.05) is 76.2 Å². The highest BCUT2D eigenvalue weighted by Gasteiger charge is 2.60. The van der Waals surface area contributed by atoms with E-state index in [4.69, 9.17) is 75.8 Å². The van der Waals surface area contributed by atoms with Crippen LogP contribution in [0.1, 0.15) is 76.2 Å². The van der Waals surface area contributed by atoms with Crippen molar-refractivity contribution in [3.63, 3.8) is 0 Å². The minimum atomic E-state index is -2.06. The van der Waals surface area contributed by atoms with E-state index in [1.165, 1.54) is 0 Å². The maximum absolute atomic E-state index is 13.0. The molecule has 0 aromatic carbocycles. The zero-order valence-electron chi connectivity index (χ0n) is 38.3. The Bertz CT molecular complexity index is 1850. The lowest BCUT2D eigenvalue weighted by Gasteiger charge is -2.50. The van der Waals surface area contributed by atoms with Gasteiger partial charge in [0.2, 0.25) is 12.4 Å². The Morgan fingerprint density at radius 3 is 0.776 bits per heavy atom. The zero-order chi connectivity index (χ0) is 50.4. The lowest BCUT2D eigenvalue weighted by atomic mass is 9.95. The van der Waals surface area contributed by atoms with Crippen LogP contribution in [0.3, 0.4) is 0 Å². The Morgan fingerprint density at radius 1 is 0.269 bits per heavy atom. The van der Waals surface area contributed by atoms with Crippen LogP contribution in [-0.4, -0.2) is 178 Å². The summed E-state index contributed by atoms with van der Waals surface area (Å²) < 4.78 is 90.4. The van der Waals surface area contributed by atoms with Crippen molar-refractivity contribution in [2.24, 2.45) is 0 Å². The summed E-state index contributed by atoms with van der Waals surface area (Å²) in [7, 11) is 0. The van der Waals surface area contributed by atoms with Gasteiger partial charge in [-0.25, -0.2) is 0 Å². The van der Waals surface area contributed by atoms with Crippen molar-refractivity contribution in [3.05, 3.63) is 0 Å². The first-order valence-corrected chi connectivity index (χ1v) is 20.3. The van der Waals surface area contributed by atoms with Crippen LogP contribution >= 0.6 is 0 Å². The summed E-state index contributed by atoms with van der Waals surface area (Å²) in [5, 5.41) is 0. The summed E-state index contributed by atoms with van der Waals surface area (Å²) in [6, 6.07) is 0. The molecule has 3 fully saturated rings. The van der Waals surface area contributed by atoms with Gasteiger partial charge >= 0.3 is 65.7 Å². The topological polar surface area (TPSA) is 335 Å². The van der Waals surface area contributed by atoms with Gasteiger partial charge in [0.1, 0.15) is 50.3 Å². The van der Waals surface area contributed by atoms with Gasteiger partial charge in [-0.3, -0.25) is 52.7 Å². The maximum Gasteiger partial charge on any atom is 0.305 e. The molecule has 15 atom stereocenters. The lowest BCUT2D eigenvalue weighted by molar-refractivity contribution is -0.378. The summed E-state index contributed by atoms with van der Waals surface area (Å²) in [5.41, 5.74) is 0. The molecule has 0 aromatic rings. The van der Waals surface area contributed by atoms with Crippen molar-refractivity contribution in [2.45, 2.75) is 168 Å². The molecule has 3 heterocycles. The number of esters is 11. The number of carbonyl (C=O) groups excluding carboxylic acids is 11. The molecule has 0 spiro atoms. The van der Waals surface area contributed by atoms with Gasteiger partial charge in [-0.2, -0.15) is 0 Å². The molecule has 0 aliphatic carbocycles. The number of hydrogen-bond donors (Lipinski definition) is 0. The monoisotopic (exact) mass is 966 g/mol. The first-order valence-electron chi connectivity index (χ1n) is 20.3. The predicted molar refractivity (Wildman–Crippen MR) is 206 cm³/mol. The Kier molecular flexibility index (Phi) is 20.8. The van der Waals surface area contributed by atoms with Gasteiger partial charge in [-0.05, 0) is 0 Å². The summed E-state index contributed by atoms with van der Waals surface area (Å²) in [4.78, 5) is 137. The van der Waals surface area contributed by atoms with Crippen molar-refractivity contribution in [3.8, 4) is 0 Å². The zero-order valence-corrected chi connectivity index (χ0v) is 38.3. The molecule has 3 rings (SSSR count). The molecule has 0 bridgehead atoms. The van der Waals surface area contributed by atoms with E-state index in [1.807, 2.05) is 0 Å². The Labute approximate surface area is 382 Å². The minimum absolute atomic E-state index is 0.691. The molecule has 0 amide bonds. The van der Waals surface area contributed by atoms with Crippen molar-refractivity contribution >= 4 is 65.7 Å². The molecule has 0 radical (unpaired) electrons. The van der Waals surface area contributed by atoms with Crippen molar-refractivity contribution in [1.82, 2.24) is 0 Å². The molecule has 27 nitrogen and oxygen atoms in total. The van der Waals surface area contributed by atoms with E-state index >= 15 is 0 Å². The Hall–Kier alpha value is -6.03. The van der Waals surface area contributed by atoms with E-state index in [0.717, 1.165) is 76.2 Å². The molecule has 0 N–H and O–H groups in total. The molecular weight excluding hydrogens is 912 g/mol. The second-order valence-electron chi connectivity index (χ2n) is 14.9. The van der Waals surface area contributed by atoms with Gasteiger partial charge < -0.3 is 75.8 Å². The normalized spacial score (nSPS) is 31.2. The van der Waals surface area contributed by atoms with Crippen LogP contribution in [-0.2, 0) is 129 Å². The number of hydrogen-bond acceptors (Lipinski definition) is 27. The Morgan fingerprint density at radius 2 is 0.493 bits per heavy atom. The third kappa shape index (κ3) is 17.0. The molecule has 67 heavy (non-hydrogen) atoms. The first-order chi connectivity index (χ1) is 31.3. The molecule has 3 aliphatic rings. The number of rotatable bonds is 18. The second-order valence-corrected chi connectivity index (χ2v) is 14.9. The van der Waals surface area contributed by atoms with Crippen LogP contribution < -0.4 is 0 Å².